The van der Waals surface area contributed by atoms with Crippen LogP contribution in [0.2, 0.25) is 0 Å². The van der Waals surface area contributed by atoms with Crippen molar-refractivity contribution in [3.05, 3.63) is 34.9 Å². The van der Waals surface area contributed by atoms with Gasteiger partial charge in [0.2, 0.25) is 0 Å². The quantitative estimate of drug-likeness (QED) is 0.845. The molecule has 1 atom stereocenters. The summed E-state index contributed by atoms with van der Waals surface area (Å²) in [7, 11) is 0. The van der Waals surface area contributed by atoms with Gasteiger partial charge in [0.1, 0.15) is 0 Å². The molecule has 1 heterocycles. The number of Topliss-reactive ketones (excluding diaryl/α,β-unsaturated/α-hetero) is 1. The monoisotopic (exact) mass is 261 g/mol. The number of aliphatic hydroxyl groups excluding tert-OH is 1. The first kappa shape index (κ1) is 14.2. The van der Waals surface area contributed by atoms with Crippen LogP contribution in [0.3, 0.4) is 0 Å². The number of ketones is 1. The third kappa shape index (κ3) is 3.64. The molecular formula is C16H23NO2. The first-order valence-electron chi connectivity index (χ1n) is 7.04. The molecule has 3 heteroatoms. The average molecular weight is 261 g/mol. The molecule has 1 aliphatic rings. The predicted molar refractivity (Wildman–Crippen MR) is 76.5 cm³/mol. The van der Waals surface area contributed by atoms with E-state index in [1.165, 1.54) is 0 Å². The lowest BCUT2D eigenvalue weighted by Gasteiger charge is -2.31. The molecule has 0 radical (unpaired) electrons. The van der Waals surface area contributed by atoms with Crippen LogP contribution in [0.1, 0.15) is 34.3 Å². The molecule has 1 saturated heterocycles. The second-order valence-corrected chi connectivity index (χ2v) is 5.67. The number of benzene rings is 1. The van der Waals surface area contributed by atoms with Crippen LogP contribution in [-0.2, 0) is 0 Å². The van der Waals surface area contributed by atoms with Gasteiger partial charge >= 0.3 is 0 Å². The summed E-state index contributed by atoms with van der Waals surface area (Å²) in [5.74, 6) is 0.528. The summed E-state index contributed by atoms with van der Waals surface area (Å²) < 4.78 is 0. The first-order valence-corrected chi connectivity index (χ1v) is 7.04. The minimum Gasteiger partial charge on any atom is -0.396 e. The summed E-state index contributed by atoms with van der Waals surface area (Å²) in [4.78, 5) is 14.6. The van der Waals surface area contributed by atoms with Gasteiger partial charge in [0.25, 0.3) is 0 Å². The number of carbonyl (C=O) groups excluding carboxylic acids is 1. The zero-order chi connectivity index (χ0) is 13.8. The van der Waals surface area contributed by atoms with E-state index in [-0.39, 0.29) is 12.4 Å². The maximum atomic E-state index is 12.4. The van der Waals surface area contributed by atoms with E-state index in [1.807, 2.05) is 32.0 Å². The molecule has 1 aliphatic heterocycles. The van der Waals surface area contributed by atoms with Crippen molar-refractivity contribution < 1.29 is 9.90 Å². The minimum atomic E-state index is 0.194. The van der Waals surface area contributed by atoms with Gasteiger partial charge in [-0.05, 0) is 50.8 Å². The number of hydrogen-bond donors (Lipinski definition) is 1. The molecule has 19 heavy (non-hydrogen) atoms. The Hall–Kier alpha value is -1.19. The summed E-state index contributed by atoms with van der Waals surface area (Å²) in [5.41, 5.74) is 3.01. The maximum absolute atomic E-state index is 12.4. The standard InChI is InChI=1S/C16H23NO2/c1-12-5-6-13(2)15(8-12)16(19)10-17-7-3-4-14(9-17)11-18/h5-6,8,14,18H,3-4,7,9-11H2,1-2H3. The third-order valence-electron chi connectivity index (χ3n) is 3.92. The Bertz CT molecular complexity index is 456. The molecule has 1 fully saturated rings. The van der Waals surface area contributed by atoms with E-state index >= 15 is 0 Å². The number of aliphatic hydroxyl groups is 1. The molecule has 1 unspecified atom stereocenters. The third-order valence-corrected chi connectivity index (χ3v) is 3.92. The summed E-state index contributed by atoms with van der Waals surface area (Å²) >= 11 is 0. The molecule has 1 aromatic carbocycles. The molecule has 0 bridgehead atoms. The fourth-order valence-corrected chi connectivity index (χ4v) is 2.77. The second-order valence-electron chi connectivity index (χ2n) is 5.67. The molecule has 0 aliphatic carbocycles. The second kappa shape index (κ2) is 6.31. The maximum Gasteiger partial charge on any atom is 0.177 e. The molecule has 0 spiro atoms. The van der Waals surface area contributed by atoms with Crippen LogP contribution in [-0.4, -0.2) is 42.0 Å². The van der Waals surface area contributed by atoms with E-state index in [1.54, 1.807) is 0 Å². The first-order chi connectivity index (χ1) is 9.10. The van der Waals surface area contributed by atoms with Crippen LogP contribution in [0, 0.1) is 19.8 Å². The van der Waals surface area contributed by atoms with Crippen molar-refractivity contribution in [2.24, 2.45) is 5.92 Å². The molecule has 0 aromatic heterocycles. The highest BCUT2D eigenvalue weighted by Gasteiger charge is 2.21. The van der Waals surface area contributed by atoms with E-state index in [0.717, 1.165) is 42.6 Å². The van der Waals surface area contributed by atoms with Crippen molar-refractivity contribution in [3.8, 4) is 0 Å². The van der Waals surface area contributed by atoms with Crippen molar-refractivity contribution in [2.45, 2.75) is 26.7 Å². The smallest absolute Gasteiger partial charge is 0.177 e. The van der Waals surface area contributed by atoms with Gasteiger partial charge < -0.3 is 5.11 Å². The van der Waals surface area contributed by atoms with Crippen LogP contribution >= 0.6 is 0 Å². The topological polar surface area (TPSA) is 40.5 Å². The molecule has 104 valence electrons. The van der Waals surface area contributed by atoms with Crippen molar-refractivity contribution in [1.29, 1.82) is 0 Å². The fourth-order valence-electron chi connectivity index (χ4n) is 2.77. The van der Waals surface area contributed by atoms with E-state index in [9.17, 15) is 9.90 Å². The predicted octanol–water partition coefficient (Wildman–Crippen LogP) is 2.19. The van der Waals surface area contributed by atoms with Gasteiger partial charge in [0.05, 0.1) is 6.54 Å². The summed E-state index contributed by atoms with van der Waals surface area (Å²) in [6, 6.07) is 6.02. The number of nitrogens with zero attached hydrogens (tertiary/aromatic N) is 1. The number of hydrogen-bond acceptors (Lipinski definition) is 3. The molecular weight excluding hydrogens is 238 g/mol. The Balaban J connectivity index is 2.02. The van der Waals surface area contributed by atoms with Crippen LogP contribution in [0.4, 0.5) is 0 Å². The number of piperidine rings is 1. The van der Waals surface area contributed by atoms with Gasteiger partial charge in [-0.2, -0.15) is 0 Å². The fraction of sp³-hybridized carbons (Fsp3) is 0.562. The summed E-state index contributed by atoms with van der Waals surface area (Å²) in [6.07, 6.45) is 2.15. The molecule has 1 N–H and O–H groups in total. The van der Waals surface area contributed by atoms with Gasteiger partial charge in [0.15, 0.2) is 5.78 Å². The highest BCUT2D eigenvalue weighted by atomic mass is 16.3. The van der Waals surface area contributed by atoms with E-state index in [2.05, 4.69) is 4.90 Å². The highest BCUT2D eigenvalue weighted by molar-refractivity contribution is 5.99. The Morgan fingerprint density at radius 1 is 1.42 bits per heavy atom. The normalized spacial score (nSPS) is 20.5. The van der Waals surface area contributed by atoms with Gasteiger partial charge in [-0.3, -0.25) is 9.69 Å². The average Bonchev–Trinajstić information content (AvgIpc) is 2.41. The largest absolute Gasteiger partial charge is 0.396 e. The highest BCUT2D eigenvalue weighted by Crippen LogP contribution is 2.17. The molecule has 2 rings (SSSR count). The van der Waals surface area contributed by atoms with Crippen LogP contribution in [0.25, 0.3) is 0 Å². The van der Waals surface area contributed by atoms with Gasteiger partial charge in [0, 0.05) is 18.7 Å². The number of likely N-dealkylation sites (tertiary alicyclic amines) is 1. The van der Waals surface area contributed by atoms with Crippen molar-refractivity contribution in [2.75, 3.05) is 26.2 Å². The zero-order valence-corrected chi connectivity index (χ0v) is 11.9. The van der Waals surface area contributed by atoms with Crippen LogP contribution in [0.15, 0.2) is 18.2 Å². The van der Waals surface area contributed by atoms with Crippen molar-refractivity contribution >= 4 is 5.78 Å². The molecule has 0 saturated carbocycles. The lowest BCUT2D eigenvalue weighted by Crippen LogP contribution is -2.40. The van der Waals surface area contributed by atoms with E-state index in [4.69, 9.17) is 0 Å². The van der Waals surface area contributed by atoms with Crippen LogP contribution in [0.5, 0.6) is 0 Å². The van der Waals surface area contributed by atoms with Gasteiger partial charge in [-0.1, -0.05) is 17.7 Å². The minimum absolute atomic E-state index is 0.194. The van der Waals surface area contributed by atoms with Crippen molar-refractivity contribution in [1.82, 2.24) is 4.90 Å². The zero-order valence-electron chi connectivity index (χ0n) is 11.9. The van der Waals surface area contributed by atoms with Crippen LogP contribution < -0.4 is 0 Å². The Morgan fingerprint density at radius 2 is 2.21 bits per heavy atom. The Kier molecular flexibility index (Phi) is 4.72. The number of rotatable bonds is 4. The lowest BCUT2D eigenvalue weighted by atomic mass is 9.97. The van der Waals surface area contributed by atoms with Gasteiger partial charge in [-0.25, -0.2) is 0 Å². The molecule has 3 nitrogen and oxygen atoms in total. The Labute approximate surface area is 115 Å². The van der Waals surface area contributed by atoms with Gasteiger partial charge in [-0.15, -0.1) is 0 Å². The van der Waals surface area contributed by atoms with E-state index in [0.29, 0.717) is 12.5 Å². The lowest BCUT2D eigenvalue weighted by molar-refractivity contribution is 0.0833. The summed E-state index contributed by atoms with van der Waals surface area (Å²) in [5, 5.41) is 9.23. The SMILES string of the molecule is Cc1ccc(C)c(C(=O)CN2CCCC(CO)C2)c1. The molecule has 1 aromatic rings. The number of aryl methyl sites for hydroxylation is 2. The number of carbonyl (C=O) groups is 1. The summed E-state index contributed by atoms with van der Waals surface area (Å²) in [6.45, 7) is 6.51. The molecule has 0 amide bonds. The Morgan fingerprint density at radius 3 is 2.95 bits per heavy atom. The van der Waals surface area contributed by atoms with Crippen molar-refractivity contribution in [3.63, 3.8) is 0 Å². The van der Waals surface area contributed by atoms with E-state index < -0.39 is 0 Å².